The van der Waals surface area contributed by atoms with E-state index in [9.17, 15) is 4.39 Å². The van der Waals surface area contributed by atoms with Gasteiger partial charge in [-0.3, -0.25) is 0 Å². The molecule has 1 saturated heterocycles. The standard InChI is InChI=1S/C18H18FN3O/c19-15-3-1-14(2-4-15)13-23-18-7-9-22(10-8-18)17-6-5-16(11-20)21-12-17/h1-6,12,18H,7-10,13H2. The van der Waals surface area contributed by atoms with Crippen molar-refractivity contribution < 1.29 is 9.13 Å². The largest absolute Gasteiger partial charge is 0.373 e. The van der Waals surface area contributed by atoms with Crippen molar-refractivity contribution in [2.45, 2.75) is 25.6 Å². The van der Waals surface area contributed by atoms with Crippen LogP contribution in [0.4, 0.5) is 10.1 Å². The zero-order valence-electron chi connectivity index (χ0n) is 12.8. The Morgan fingerprint density at radius 3 is 2.52 bits per heavy atom. The first-order valence-electron chi connectivity index (χ1n) is 7.72. The molecule has 0 bridgehead atoms. The molecule has 0 amide bonds. The van der Waals surface area contributed by atoms with Gasteiger partial charge in [0.2, 0.25) is 0 Å². The smallest absolute Gasteiger partial charge is 0.140 e. The SMILES string of the molecule is N#Cc1ccc(N2CCC(OCc3ccc(F)cc3)CC2)cn1. The van der Waals surface area contributed by atoms with E-state index in [4.69, 9.17) is 10.00 Å². The van der Waals surface area contributed by atoms with Crippen LogP contribution >= 0.6 is 0 Å². The number of aromatic nitrogens is 1. The summed E-state index contributed by atoms with van der Waals surface area (Å²) in [4.78, 5) is 6.37. The second-order valence-corrected chi connectivity index (χ2v) is 5.64. The lowest BCUT2D eigenvalue weighted by Gasteiger charge is -2.33. The minimum Gasteiger partial charge on any atom is -0.373 e. The van der Waals surface area contributed by atoms with E-state index >= 15 is 0 Å². The Balaban J connectivity index is 1.48. The molecule has 1 aromatic carbocycles. The van der Waals surface area contributed by atoms with Crippen molar-refractivity contribution >= 4 is 5.69 Å². The fraction of sp³-hybridized carbons (Fsp3) is 0.333. The third-order valence-corrected chi connectivity index (χ3v) is 4.07. The fourth-order valence-electron chi connectivity index (χ4n) is 2.71. The molecule has 0 unspecified atom stereocenters. The summed E-state index contributed by atoms with van der Waals surface area (Å²) in [6, 6.07) is 12.1. The van der Waals surface area contributed by atoms with Crippen molar-refractivity contribution in [3.05, 3.63) is 59.7 Å². The van der Waals surface area contributed by atoms with E-state index in [1.807, 2.05) is 12.1 Å². The van der Waals surface area contributed by atoms with Gasteiger partial charge in [-0.2, -0.15) is 5.26 Å². The summed E-state index contributed by atoms with van der Waals surface area (Å²) in [5.41, 5.74) is 2.47. The number of nitriles is 1. The molecule has 2 aromatic rings. The van der Waals surface area contributed by atoms with Gasteiger partial charge in [0.1, 0.15) is 17.6 Å². The predicted molar refractivity (Wildman–Crippen MR) is 85.4 cm³/mol. The van der Waals surface area contributed by atoms with Gasteiger partial charge in [-0.05, 0) is 42.7 Å². The molecule has 3 rings (SSSR count). The summed E-state index contributed by atoms with van der Waals surface area (Å²) < 4.78 is 18.8. The van der Waals surface area contributed by atoms with Gasteiger partial charge >= 0.3 is 0 Å². The second kappa shape index (κ2) is 7.21. The Labute approximate surface area is 135 Å². The Kier molecular flexibility index (Phi) is 4.84. The quantitative estimate of drug-likeness (QED) is 0.869. The number of hydrogen-bond acceptors (Lipinski definition) is 4. The van der Waals surface area contributed by atoms with E-state index in [0.29, 0.717) is 12.3 Å². The van der Waals surface area contributed by atoms with Crippen molar-refractivity contribution in [2.24, 2.45) is 0 Å². The highest BCUT2D eigenvalue weighted by molar-refractivity contribution is 5.46. The highest BCUT2D eigenvalue weighted by Gasteiger charge is 2.20. The molecule has 1 aliphatic rings. The van der Waals surface area contributed by atoms with Gasteiger partial charge in [-0.25, -0.2) is 9.37 Å². The van der Waals surface area contributed by atoms with E-state index in [1.165, 1.54) is 12.1 Å². The lowest BCUT2D eigenvalue weighted by atomic mass is 10.1. The number of halogens is 1. The first-order chi connectivity index (χ1) is 11.2. The zero-order chi connectivity index (χ0) is 16.1. The summed E-state index contributed by atoms with van der Waals surface area (Å²) in [5, 5.41) is 8.78. The number of nitrogens with zero attached hydrogens (tertiary/aromatic N) is 3. The van der Waals surface area contributed by atoms with Gasteiger partial charge in [0.25, 0.3) is 0 Å². The average molecular weight is 311 g/mol. The first-order valence-corrected chi connectivity index (χ1v) is 7.72. The van der Waals surface area contributed by atoms with E-state index in [1.54, 1.807) is 24.4 Å². The van der Waals surface area contributed by atoms with Gasteiger partial charge in [0.05, 0.1) is 24.6 Å². The van der Waals surface area contributed by atoms with Crippen molar-refractivity contribution in [3.8, 4) is 6.07 Å². The normalized spacial score (nSPS) is 15.4. The lowest BCUT2D eigenvalue weighted by Crippen LogP contribution is -2.37. The van der Waals surface area contributed by atoms with E-state index in [0.717, 1.165) is 37.2 Å². The van der Waals surface area contributed by atoms with Crippen LogP contribution in [-0.4, -0.2) is 24.2 Å². The summed E-state index contributed by atoms with van der Waals surface area (Å²) in [5.74, 6) is -0.224. The van der Waals surface area contributed by atoms with Gasteiger partial charge < -0.3 is 9.64 Å². The topological polar surface area (TPSA) is 49.2 Å². The van der Waals surface area contributed by atoms with Crippen molar-refractivity contribution in [1.82, 2.24) is 4.98 Å². The molecule has 0 atom stereocenters. The first kappa shape index (κ1) is 15.4. The molecule has 0 spiro atoms. The van der Waals surface area contributed by atoms with E-state index < -0.39 is 0 Å². The minimum absolute atomic E-state index is 0.224. The van der Waals surface area contributed by atoms with Crippen LogP contribution in [0.1, 0.15) is 24.1 Å². The van der Waals surface area contributed by atoms with Gasteiger partial charge in [-0.15, -0.1) is 0 Å². The number of pyridine rings is 1. The fourth-order valence-corrected chi connectivity index (χ4v) is 2.71. The van der Waals surface area contributed by atoms with Crippen molar-refractivity contribution in [3.63, 3.8) is 0 Å². The molecule has 23 heavy (non-hydrogen) atoms. The second-order valence-electron chi connectivity index (χ2n) is 5.64. The average Bonchev–Trinajstić information content (AvgIpc) is 2.62. The number of rotatable bonds is 4. The van der Waals surface area contributed by atoms with Crippen LogP contribution < -0.4 is 4.90 Å². The maximum absolute atomic E-state index is 12.9. The summed E-state index contributed by atoms with van der Waals surface area (Å²) in [7, 11) is 0. The predicted octanol–water partition coefficient (Wildman–Crippen LogP) is 3.28. The van der Waals surface area contributed by atoms with Gasteiger partial charge in [0, 0.05) is 13.1 Å². The number of hydrogen-bond donors (Lipinski definition) is 0. The molecule has 1 aromatic heterocycles. The van der Waals surface area contributed by atoms with Crippen LogP contribution in [0.2, 0.25) is 0 Å². The monoisotopic (exact) mass is 311 g/mol. The summed E-state index contributed by atoms with van der Waals surface area (Å²) >= 11 is 0. The molecule has 0 N–H and O–H groups in total. The van der Waals surface area contributed by atoms with Crippen LogP contribution in [-0.2, 0) is 11.3 Å². The maximum atomic E-state index is 12.9. The number of anilines is 1. The molecule has 118 valence electrons. The number of piperidine rings is 1. The summed E-state index contributed by atoms with van der Waals surface area (Å²) in [6.07, 6.45) is 3.86. The van der Waals surface area contributed by atoms with Crippen LogP contribution in [0.15, 0.2) is 42.6 Å². The summed E-state index contributed by atoms with van der Waals surface area (Å²) in [6.45, 7) is 2.33. The van der Waals surface area contributed by atoms with Crippen molar-refractivity contribution in [1.29, 1.82) is 5.26 Å². The third-order valence-electron chi connectivity index (χ3n) is 4.07. The van der Waals surface area contributed by atoms with Crippen LogP contribution in [0.5, 0.6) is 0 Å². The third kappa shape index (κ3) is 4.05. The lowest BCUT2D eigenvalue weighted by molar-refractivity contribution is 0.0251. The molecule has 0 saturated carbocycles. The number of ether oxygens (including phenoxy) is 1. The van der Waals surface area contributed by atoms with E-state index in [-0.39, 0.29) is 11.9 Å². The molecular weight excluding hydrogens is 293 g/mol. The Morgan fingerprint density at radius 2 is 1.91 bits per heavy atom. The van der Waals surface area contributed by atoms with Gasteiger partial charge in [-0.1, -0.05) is 12.1 Å². The molecule has 1 fully saturated rings. The minimum atomic E-state index is -0.224. The van der Waals surface area contributed by atoms with Crippen LogP contribution in [0.25, 0.3) is 0 Å². The van der Waals surface area contributed by atoms with E-state index in [2.05, 4.69) is 9.88 Å². The highest BCUT2D eigenvalue weighted by Crippen LogP contribution is 2.21. The number of benzene rings is 1. The van der Waals surface area contributed by atoms with Crippen molar-refractivity contribution in [2.75, 3.05) is 18.0 Å². The maximum Gasteiger partial charge on any atom is 0.140 e. The molecule has 5 heteroatoms. The molecule has 1 aliphatic heterocycles. The molecule has 0 radical (unpaired) electrons. The highest BCUT2D eigenvalue weighted by atomic mass is 19.1. The Hall–Kier alpha value is -2.45. The molecule has 2 heterocycles. The van der Waals surface area contributed by atoms with Crippen LogP contribution in [0, 0.1) is 17.1 Å². The van der Waals surface area contributed by atoms with Gasteiger partial charge in [0.15, 0.2) is 0 Å². The molecular formula is C18H18FN3O. The Bertz CT molecular complexity index is 671. The molecule has 0 aliphatic carbocycles. The molecule has 4 nitrogen and oxygen atoms in total. The zero-order valence-corrected chi connectivity index (χ0v) is 12.8. The Morgan fingerprint density at radius 1 is 1.17 bits per heavy atom. The van der Waals surface area contributed by atoms with Crippen LogP contribution in [0.3, 0.4) is 0 Å².